The van der Waals surface area contributed by atoms with Crippen molar-refractivity contribution >= 4 is 22.8 Å². The molecule has 1 aromatic heterocycles. The molecule has 0 unspecified atom stereocenters. The molecular formula is C19H22N2O3. The number of benzene rings is 1. The zero-order chi connectivity index (χ0) is 16.7. The maximum Gasteiger partial charge on any atom is 0.306 e. The lowest BCUT2D eigenvalue weighted by Crippen LogP contribution is -2.36. The maximum absolute atomic E-state index is 12.9. The largest absolute Gasteiger partial charge is 0.481 e. The van der Waals surface area contributed by atoms with Gasteiger partial charge in [0, 0.05) is 30.2 Å². The van der Waals surface area contributed by atoms with Gasteiger partial charge < -0.3 is 15.0 Å². The number of carbonyl (C=O) groups is 2. The highest BCUT2D eigenvalue weighted by atomic mass is 16.4. The first-order valence-electron chi connectivity index (χ1n) is 8.71. The highest BCUT2D eigenvalue weighted by Gasteiger charge is 2.40. The van der Waals surface area contributed by atoms with Crippen LogP contribution in [0, 0.1) is 11.8 Å². The lowest BCUT2D eigenvalue weighted by Gasteiger charge is -2.26. The Balaban J connectivity index is 1.50. The molecule has 2 fully saturated rings. The molecule has 5 heteroatoms. The molecule has 1 heterocycles. The van der Waals surface area contributed by atoms with Crippen LogP contribution in [0.2, 0.25) is 0 Å². The number of hydrogen-bond acceptors (Lipinski definition) is 2. The van der Waals surface area contributed by atoms with Crippen molar-refractivity contribution in [2.24, 2.45) is 11.8 Å². The van der Waals surface area contributed by atoms with Crippen molar-refractivity contribution in [3.8, 4) is 0 Å². The Morgan fingerprint density at radius 3 is 2.62 bits per heavy atom. The summed E-state index contributed by atoms with van der Waals surface area (Å²) in [6, 6.07) is 8.62. The van der Waals surface area contributed by atoms with Crippen LogP contribution in [0.25, 0.3) is 10.9 Å². The van der Waals surface area contributed by atoms with Crippen LogP contribution in [0.3, 0.4) is 0 Å². The van der Waals surface area contributed by atoms with Gasteiger partial charge in [-0.05, 0) is 61.3 Å². The molecule has 0 aliphatic heterocycles. The van der Waals surface area contributed by atoms with Gasteiger partial charge in [0.25, 0.3) is 0 Å². The van der Waals surface area contributed by atoms with Gasteiger partial charge in [0.1, 0.15) is 0 Å². The normalized spacial score (nSPS) is 23.5. The number of aromatic nitrogens is 1. The predicted molar refractivity (Wildman–Crippen MR) is 90.3 cm³/mol. The standard InChI is InChI=1S/C19H22N2O3/c22-18(14-2-3-15(10-14)19(23)24)21(16-4-5-16)11-12-1-6-17-13(9-12)7-8-20-17/h1,6-9,14-16,20H,2-5,10-11H2,(H,23,24)/t14-,15+/m0/s1. The van der Waals surface area contributed by atoms with Crippen molar-refractivity contribution in [1.29, 1.82) is 0 Å². The summed E-state index contributed by atoms with van der Waals surface area (Å²) >= 11 is 0. The Bertz CT molecular complexity index is 778. The SMILES string of the molecule is O=C(O)[C@@H]1CC[C@H](C(=O)N(Cc2ccc3[nH]ccc3c2)C2CC2)C1. The molecule has 2 atom stereocenters. The number of rotatable bonds is 5. The lowest BCUT2D eigenvalue weighted by molar-refractivity contribution is -0.141. The van der Waals surface area contributed by atoms with Crippen molar-refractivity contribution < 1.29 is 14.7 Å². The van der Waals surface area contributed by atoms with Gasteiger partial charge >= 0.3 is 5.97 Å². The van der Waals surface area contributed by atoms with Gasteiger partial charge in [-0.25, -0.2) is 0 Å². The highest BCUT2D eigenvalue weighted by Crippen LogP contribution is 2.36. The number of nitrogens with zero attached hydrogens (tertiary/aromatic N) is 1. The minimum atomic E-state index is -0.763. The third kappa shape index (κ3) is 2.90. The number of nitrogens with one attached hydrogen (secondary N) is 1. The fourth-order valence-corrected chi connectivity index (χ4v) is 3.84. The predicted octanol–water partition coefficient (Wildman–Crippen LogP) is 3.16. The van der Waals surface area contributed by atoms with Crippen molar-refractivity contribution in [2.45, 2.75) is 44.7 Å². The fourth-order valence-electron chi connectivity index (χ4n) is 3.84. The molecular weight excluding hydrogens is 304 g/mol. The van der Waals surface area contributed by atoms with Crippen LogP contribution in [-0.2, 0) is 16.1 Å². The van der Waals surface area contributed by atoms with Crippen molar-refractivity contribution in [3.05, 3.63) is 36.0 Å². The van der Waals surface area contributed by atoms with Crippen molar-refractivity contribution in [3.63, 3.8) is 0 Å². The number of H-pyrrole nitrogens is 1. The molecule has 1 amide bonds. The Kier molecular flexibility index (Phi) is 3.79. The van der Waals surface area contributed by atoms with Gasteiger partial charge in [-0.3, -0.25) is 9.59 Å². The minimum absolute atomic E-state index is 0.123. The monoisotopic (exact) mass is 326 g/mol. The molecule has 0 radical (unpaired) electrons. The number of carbonyl (C=O) groups excluding carboxylic acids is 1. The van der Waals surface area contributed by atoms with Crippen LogP contribution in [0.5, 0.6) is 0 Å². The molecule has 126 valence electrons. The zero-order valence-electron chi connectivity index (χ0n) is 13.6. The van der Waals surface area contributed by atoms with E-state index in [4.69, 9.17) is 5.11 Å². The first-order valence-corrected chi connectivity index (χ1v) is 8.71. The summed E-state index contributed by atoms with van der Waals surface area (Å²) in [4.78, 5) is 29.3. The average Bonchev–Trinajstić information content (AvgIpc) is 3.11. The second-order valence-electron chi connectivity index (χ2n) is 7.14. The Morgan fingerprint density at radius 2 is 1.92 bits per heavy atom. The van der Waals surface area contributed by atoms with E-state index in [2.05, 4.69) is 23.2 Å². The molecule has 2 saturated carbocycles. The second-order valence-corrected chi connectivity index (χ2v) is 7.14. The Morgan fingerprint density at radius 1 is 1.12 bits per heavy atom. The van der Waals surface area contributed by atoms with Crippen molar-refractivity contribution in [1.82, 2.24) is 9.88 Å². The molecule has 2 N–H and O–H groups in total. The number of fused-ring (bicyclic) bond motifs is 1. The number of amides is 1. The second kappa shape index (κ2) is 5.96. The highest BCUT2D eigenvalue weighted by molar-refractivity contribution is 5.82. The first kappa shape index (κ1) is 15.2. The van der Waals surface area contributed by atoms with Gasteiger partial charge in [-0.2, -0.15) is 0 Å². The van der Waals surface area contributed by atoms with Gasteiger partial charge in [0.05, 0.1) is 5.92 Å². The van der Waals surface area contributed by atoms with Crippen LogP contribution >= 0.6 is 0 Å². The number of carboxylic acid groups (broad SMARTS) is 1. The summed E-state index contributed by atoms with van der Waals surface area (Å²) in [6.45, 7) is 0.624. The lowest BCUT2D eigenvalue weighted by atomic mass is 10.0. The molecule has 2 aromatic rings. The summed E-state index contributed by atoms with van der Waals surface area (Å²) in [7, 11) is 0. The summed E-state index contributed by atoms with van der Waals surface area (Å²) in [6.07, 6.45) is 5.87. The van der Waals surface area contributed by atoms with E-state index in [0.717, 1.165) is 29.3 Å². The molecule has 0 spiro atoms. The zero-order valence-corrected chi connectivity index (χ0v) is 13.6. The topological polar surface area (TPSA) is 73.4 Å². The Labute approximate surface area is 140 Å². The van der Waals surface area contributed by atoms with E-state index < -0.39 is 5.97 Å². The van der Waals surface area contributed by atoms with E-state index >= 15 is 0 Å². The number of hydrogen-bond donors (Lipinski definition) is 2. The van der Waals surface area contributed by atoms with Gasteiger partial charge in [0.2, 0.25) is 5.91 Å². The van der Waals surface area contributed by atoms with E-state index in [1.807, 2.05) is 17.2 Å². The van der Waals surface area contributed by atoms with Crippen LogP contribution < -0.4 is 0 Å². The van der Waals surface area contributed by atoms with E-state index in [-0.39, 0.29) is 17.7 Å². The number of aromatic amines is 1. The smallest absolute Gasteiger partial charge is 0.306 e. The molecule has 5 nitrogen and oxygen atoms in total. The summed E-state index contributed by atoms with van der Waals surface area (Å²) in [5, 5.41) is 10.3. The number of carboxylic acids is 1. The summed E-state index contributed by atoms with van der Waals surface area (Å²) < 4.78 is 0. The van der Waals surface area contributed by atoms with E-state index in [0.29, 0.717) is 31.8 Å². The van der Waals surface area contributed by atoms with E-state index in [1.54, 1.807) is 0 Å². The van der Waals surface area contributed by atoms with Gasteiger partial charge in [-0.15, -0.1) is 0 Å². The van der Waals surface area contributed by atoms with Crippen LogP contribution in [0.4, 0.5) is 0 Å². The quantitative estimate of drug-likeness (QED) is 0.886. The molecule has 2 aliphatic carbocycles. The van der Waals surface area contributed by atoms with E-state index in [1.165, 1.54) is 0 Å². The fraction of sp³-hybridized carbons (Fsp3) is 0.474. The third-order valence-corrected chi connectivity index (χ3v) is 5.37. The number of aliphatic carboxylic acids is 1. The van der Waals surface area contributed by atoms with Crippen LogP contribution in [-0.4, -0.2) is 32.9 Å². The Hall–Kier alpha value is -2.30. The van der Waals surface area contributed by atoms with Crippen LogP contribution in [0.15, 0.2) is 30.5 Å². The molecule has 4 rings (SSSR count). The first-order chi connectivity index (χ1) is 11.6. The molecule has 0 saturated heterocycles. The van der Waals surface area contributed by atoms with Gasteiger partial charge in [0.15, 0.2) is 0 Å². The average molecular weight is 326 g/mol. The summed E-state index contributed by atoms with van der Waals surface area (Å²) in [5.41, 5.74) is 2.23. The summed E-state index contributed by atoms with van der Waals surface area (Å²) in [5.74, 6) is -1.09. The van der Waals surface area contributed by atoms with Crippen molar-refractivity contribution in [2.75, 3.05) is 0 Å². The van der Waals surface area contributed by atoms with Gasteiger partial charge in [-0.1, -0.05) is 6.07 Å². The third-order valence-electron chi connectivity index (χ3n) is 5.37. The molecule has 24 heavy (non-hydrogen) atoms. The molecule has 2 aliphatic rings. The van der Waals surface area contributed by atoms with E-state index in [9.17, 15) is 9.59 Å². The van der Waals surface area contributed by atoms with Crippen LogP contribution in [0.1, 0.15) is 37.7 Å². The molecule has 1 aromatic carbocycles. The maximum atomic E-state index is 12.9. The minimum Gasteiger partial charge on any atom is -0.481 e. The molecule has 0 bridgehead atoms.